The minimum atomic E-state index is -0.166. The first-order valence-corrected chi connectivity index (χ1v) is 5.89. The number of pyridine rings is 1. The molecule has 18 heavy (non-hydrogen) atoms. The van der Waals surface area contributed by atoms with Gasteiger partial charge in [0, 0.05) is 6.92 Å². The molecule has 0 aliphatic rings. The average molecular weight is 262 g/mol. The number of ether oxygens (including phenoxy) is 1. The number of hydrogen-bond acceptors (Lipinski definition) is 3. The third kappa shape index (κ3) is 3.08. The minimum Gasteiger partial charge on any atom is -0.487 e. The topological polar surface area (TPSA) is 39.2 Å². The van der Waals surface area contributed by atoms with Crippen molar-refractivity contribution in [1.29, 1.82) is 0 Å². The first-order valence-electron chi connectivity index (χ1n) is 5.51. The number of nitrogens with zero attached hydrogens (tertiary/aromatic N) is 1. The van der Waals surface area contributed by atoms with Crippen molar-refractivity contribution in [3.05, 3.63) is 58.9 Å². The van der Waals surface area contributed by atoms with Crippen LogP contribution in [0, 0.1) is 0 Å². The molecule has 0 atom stereocenters. The number of hydrogen-bond donors (Lipinski definition) is 0. The fourth-order valence-corrected chi connectivity index (χ4v) is 1.67. The summed E-state index contributed by atoms with van der Waals surface area (Å²) in [6.45, 7) is 1.83. The summed E-state index contributed by atoms with van der Waals surface area (Å²) in [6.07, 6.45) is 0. The Morgan fingerprint density at radius 2 is 1.94 bits per heavy atom. The molecule has 2 aromatic rings. The maximum atomic E-state index is 11.4. The van der Waals surface area contributed by atoms with Crippen LogP contribution in [0.2, 0.25) is 5.15 Å². The van der Waals surface area contributed by atoms with Crippen molar-refractivity contribution in [1.82, 2.24) is 4.98 Å². The Balaban J connectivity index is 2.17. The predicted octanol–water partition coefficient (Wildman–Crippen LogP) is 3.52. The summed E-state index contributed by atoms with van der Waals surface area (Å²) in [5, 5.41) is 0.285. The minimum absolute atomic E-state index is 0.166. The molecule has 1 aromatic carbocycles. The lowest BCUT2D eigenvalue weighted by Gasteiger charge is -2.09. The first kappa shape index (κ1) is 12.6. The van der Waals surface area contributed by atoms with Gasteiger partial charge < -0.3 is 4.74 Å². The molecule has 0 aliphatic heterocycles. The molecule has 0 unspecified atom stereocenters. The molecule has 0 fully saturated rings. The SMILES string of the molecule is CC(=O)c1nc(Cl)ccc1OCc1ccccc1. The molecule has 0 saturated heterocycles. The highest BCUT2D eigenvalue weighted by molar-refractivity contribution is 6.29. The van der Waals surface area contributed by atoms with E-state index in [9.17, 15) is 4.79 Å². The second-order valence-corrected chi connectivity index (χ2v) is 4.20. The zero-order chi connectivity index (χ0) is 13.0. The number of benzene rings is 1. The number of aromatic nitrogens is 1. The molecule has 0 N–H and O–H groups in total. The largest absolute Gasteiger partial charge is 0.487 e. The Hall–Kier alpha value is -1.87. The number of Topliss-reactive ketones (excluding diaryl/α,β-unsaturated/α-hetero) is 1. The second-order valence-electron chi connectivity index (χ2n) is 3.81. The van der Waals surface area contributed by atoms with Crippen molar-refractivity contribution in [3.63, 3.8) is 0 Å². The summed E-state index contributed by atoms with van der Waals surface area (Å²) in [5.74, 6) is 0.288. The third-order valence-corrected chi connectivity index (χ3v) is 2.61. The number of ketones is 1. The van der Waals surface area contributed by atoms with Crippen molar-refractivity contribution >= 4 is 17.4 Å². The van der Waals surface area contributed by atoms with Crippen LogP contribution in [0.1, 0.15) is 23.0 Å². The molecule has 2 rings (SSSR count). The van der Waals surface area contributed by atoms with Crippen LogP contribution in [0.15, 0.2) is 42.5 Å². The Bertz CT molecular complexity index is 555. The molecule has 0 radical (unpaired) electrons. The summed E-state index contributed by atoms with van der Waals surface area (Å²) in [4.78, 5) is 15.4. The molecular weight excluding hydrogens is 250 g/mol. The Kier molecular flexibility index (Phi) is 3.95. The number of rotatable bonds is 4. The summed E-state index contributed by atoms with van der Waals surface area (Å²) in [5.41, 5.74) is 1.29. The van der Waals surface area contributed by atoms with E-state index in [2.05, 4.69) is 4.98 Å². The molecule has 1 aromatic heterocycles. The maximum Gasteiger partial charge on any atom is 0.181 e. The van der Waals surface area contributed by atoms with Crippen molar-refractivity contribution in [2.45, 2.75) is 13.5 Å². The summed E-state index contributed by atoms with van der Waals surface area (Å²) < 4.78 is 5.60. The van der Waals surface area contributed by atoms with Gasteiger partial charge >= 0.3 is 0 Å². The normalized spacial score (nSPS) is 10.1. The van der Waals surface area contributed by atoms with Gasteiger partial charge in [-0.3, -0.25) is 4.79 Å². The average Bonchev–Trinajstić information content (AvgIpc) is 2.38. The number of carbonyl (C=O) groups excluding carboxylic acids is 1. The third-order valence-electron chi connectivity index (χ3n) is 2.39. The maximum absolute atomic E-state index is 11.4. The van der Waals surface area contributed by atoms with Crippen LogP contribution in [0.5, 0.6) is 5.75 Å². The van der Waals surface area contributed by atoms with E-state index in [1.54, 1.807) is 12.1 Å². The van der Waals surface area contributed by atoms with E-state index in [1.165, 1.54) is 6.92 Å². The van der Waals surface area contributed by atoms with Gasteiger partial charge in [0.25, 0.3) is 0 Å². The lowest BCUT2D eigenvalue weighted by Crippen LogP contribution is -2.04. The van der Waals surface area contributed by atoms with E-state index >= 15 is 0 Å². The Labute approximate surface area is 110 Å². The first-order chi connectivity index (χ1) is 8.66. The number of carbonyl (C=O) groups is 1. The molecule has 0 spiro atoms. The van der Waals surface area contributed by atoms with Crippen LogP contribution in [0.25, 0.3) is 0 Å². The van der Waals surface area contributed by atoms with Crippen molar-refractivity contribution in [2.24, 2.45) is 0 Å². The van der Waals surface area contributed by atoms with Gasteiger partial charge in [-0.25, -0.2) is 4.98 Å². The van der Waals surface area contributed by atoms with Crippen molar-refractivity contribution in [3.8, 4) is 5.75 Å². The van der Waals surface area contributed by atoms with Crippen LogP contribution in [0.4, 0.5) is 0 Å². The second kappa shape index (κ2) is 5.65. The molecule has 1 heterocycles. The number of halogens is 1. The van der Waals surface area contributed by atoms with Crippen LogP contribution >= 0.6 is 11.6 Å². The molecular formula is C14H12ClNO2. The van der Waals surface area contributed by atoms with Gasteiger partial charge in [0.15, 0.2) is 5.78 Å². The summed E-state index contributed by atoms with van der Waals surface area (Å²) in [7, 11) is 0. The fraction of sp³-hybridized carbons (Fsp3) is 0.143. The smallest absolute Gasteiger partial charge is 0.181 e. The van der Waals surface area contributed by atoms with Gasteiger partial charge in [-0.05, 0) is 17.7 Å². The van der Waals surface area contributed by atoms with E-state index in [0.29, 0.717) is 12.4 Å². The highest BCUT2D eigenvalue weighted by atomic mass is 35.5. The van der Waals surface area contributed by atoms with E-state index in [4.69, 9.17) is 16.3 Å². The van der Waals surface area contributed by atoms with Crippen LogP contribution in [-0.2, 0) is 6.61 Å². The Morgan fingerprint density at radius 1 is 1.22 bits per heavy atom. The Morgan fingerprint density at radius 3 is 2.61 bits per heavy atom. The lowest BCUT2D eigenvalue weighted by atomic mass is 10.2. The van der Waals surface area contributed by atoms with Gasteiger partial charge in [-0.2, -0.15) is 0 Å². The van der Waals surface area contributed by atoms with Crippen molar-refractivity contribution < 1.29 is 9.53 Å². The predicted molar refractivity (Wildman–Crippen MR) is 70.0 cm³/mol. The van der Waals surface area contributed by atoms with Crippen LogP contribution in [0.3, 0.4) is 0 Å². The molecule has 0 bridgehead atoms. The highest BCUT2D eigenvalue weighted by Crippen LogP contribution is 2.21. The van der Waals surface area contributed by atoms with Gasteiger partial charge in [-0.1, -0.05) is 41.9 Å². The molecule has 0 aliphatic carbocycles. The summed E-state index contributed by atoms with van der Waals surface area (Å²) >= 11 is 5.76. The quantitative estimate of drug-likeness (QED) is 0.624. The van der Waals surface area contributed by atoms with Crippen LogP contribution in [-0.4, -0.2) is 10.8 Å². The van der Waals surface area contributed by atoms with Gasteiger partial charge in [0.1, 0.15) is 23.2 Å². The van der Waals surface area contributed by atoms with E-state index in [-0.39, 0.29) is 16.6 Å². The highest BCUT2D eigenvalue weighted by Gasteiger charge is 2.11. The molecule has 0 saturated carbocycles. The van der Waals surface area contributed by atoms with Gasteiger partial charge in [0.05, 0.1) is 0 Å². The van der Waals surface area contributed by atoms with E-state index < -0.39 is 0 Å². The summed E-state index contributed by atoms with van der Waals surface area (Å²) in [6, 6.07) is 13.0. The van der Waals surface area contributed by atoms with Gasteiger partial charge in [0.2, 0.25) is 0 Å². The fourth-order valence-electron chi connectivity index (χ4n) is 1.53. The lowest BCUT2D eigenvalue weighted by molar-refractivity contribution is 0.100. The zero-order valence-electron chi connectivity index (χ0n) is 9.89. The molecule has 92 valence electrons. The van der Waals surface area contributed by atoms with E-state index in [0.717, 1.165) is 5.56 Å². The molecule has 0 amide bonds. The monoisotopic (exact) mass is 261 g/mol. The molecule has 3 nitrogen and oxygen atoms in total. The standard InChI is InChI=1S/C14H12ClNO2/c1-10(17)14-12(7-8-13(15)16-14)18-9-11-5-3-2-4-6-11/h2-8H,9H2,1H3. The zero-order valence-corrected chi connectivity index (χ0v) is 10.6. The van der Waals surface area contributed by atoms with Gasteiger partial charge in [-0.15, -0.1) is 0 Å². The molecule has 4 heteroatoms. The van der Waals surface area contributed by atoms with Crippen molar-refractivity contribution in [2.75, 3.05) is 0 Å². The van der Waals surface area contributed by atoms with E-state index in [1.807, 2.05) is 30.3 Å². The van der Waals surface area contributed by atoms with Crippen LogP contribution < -0.4 is 4.74 Å².